The Morgan fingerprint density at radius 3 is 1.72 bits per heavy atom. The van der Waals surface area contributed by atoms with Gasteiger partial charge in [-0.05, 0) is 193 Å². The number of fused-ring (bicyclic) bond motifs is 11. The molecule has 2 heterocycles. The number of hydrogen-bond acceptors (Lipinski definition) is 0. The van der Waals surface area contributed by atoms with Gasteiger partial charge in [0.2, 0.25) is 0 Å². The molecule has 4 aliphatic carbocycles. The second kappa shape index (κ2) is 16.1. The van der Waals surface area contributed by atoms with Gasteiger partial charge in [0.15, 0.2) is 0 Å². The van der Waals surface area contributed by atoms with E-state index in [2.05, 4.69) is 183 Å². The van der Waals surface area contributed by atoms with E-state index in [1.54, 1.807) is 5.56 Å². The molecule has 2 nitrogen and oxygen atoms in total. The van der Waals surface area contributed by atoms with E-state index in [0.29, 0.717) is 16.7 Å². The lowest BCUT2D eigenvalue weighted by atomic mass is 9.43. The van der Waals surface area contributed by atoms with Crippen LogP contribution in [0.5, 0.6) is 0 Å². The van der Waals surface area contributed by atoms with E-state index in [-0.39, 0.29) is 0 Å². The monoisotopic (exact) mass is 855 g/mol. The highest BCUT2D eigenvalue weighted by Gasteiger charge is 2.60. The summed E-state index contributed by atoms with van der Waals surface area (Å²) in [7, 11) is 0. The zero-order chi connectivity index (χ0) is 44.0. The molecule has 0 saturated heterocycles. The Morgan fingerprint density at radius 2 is 1.08 bits per heavy atom. The molecular weight excluding hydrogens is 785 g/mol. The third-order valence-corrected chi connectivity index (χ3v) is 19.2. The number of aromatic nitrogens is 2. The van der Waals surface area contributed by atoms with Gasteiger partial charge < -0.3 is 9.13 Å². The van der Waals surface area contributed by atoms with Crippen molar-refractivity contribution in [2.45, 2.75) is 118 Å². The van der Waals surface area contributed by atoms with Crippen LogP contribution in [-0.2, 0) is 0 Å². The Balaban J connectivity index is 0.790. The summed E-state index contributed by atoms with van der Waals surface area (Å²) in [4.78, 5) is 0. The maximum Gasteiger partial charge on any atom is 0.0541 e. The van der Waals surface area contributed by atoms with Crippen molar-refractivity contribution in [1.29, 1.82) is 0 Å². The van der Waals surface area contributed by atoms with E-state index in [9.17, 15) is 0 Å². The lowest BCUT2D eigenvalue weighted by Gasteiger charge is -2.61. The summed E-state index contributed by atoms with van der Waals surface area (Å²) >= 11 is 0. The highest BCUT2D eigenvalue weighted by molar-refractivity contribution is 6.12. The standard InChI is InChI=1S/C63H70N2/c1-41(2)14-13-15-42(3)55-30-31-56-52-29-26-47-38-46(34-36-62(47,4)57(52)35-37-63(55,56)5)43-22-27-49(28-23-43)65-59-21-12-10-19-51(59)54-40-45(25-33-61(54)65)44-24-32-60-53(39-44)50-18-9-11-20-58(50)64(60)48-16-7-6-8-17-48/h6-12,16-25,27-28,32-33,39-42,46-47,52,55-57H,13-15,26,29-31,34-38H2,1-5H3/t42-,46?,47+,52?,55-,56+,57+,62+,63-/m1/s1. The zero-order valence-electron chi connectivity index (χ0n) is 39.8. The lowest BCUT2D eigenvalue weighted by Crippen LogP contribution is -2.53. The number of rotatable bonds is 9. The summed E-state index contributed by atoms with van der Waals surface area (Å²) in [6.07, 6.45) is 17.4. The van der Waals surface area contributed by atoms with Crippen LogP contribution in [0.15, 0.2) is 140 Å². The first-order chi connectivity index (χ1) is 31.7. The Morgan fingerprint density at radius 1 is 0.508 bits per heavy atom. The molecule has 4 aliphatic rings. The summed E-state index contributed by atoms with van der Waals surface area (Å²) in [6.45, 7) is 13.0. The predicted octanol–water partition coefficient (Wildman–Crippen LogP) is 17.8. The lowest BCUT2D eigenvalue weighted by molar-refractivity contribution is -0.117. The van der Waals surface area contributed by atoms with Gasteiger partial charge >= 0.3 is 0 Å². The van der Waals surface area contributed by atoms with Gasteiger partial charge in [-0.3, -0.25) is 0 Å². The van der Waals surface area contributed by atoms with Crippen LogP contribution in [0, 0.1) is 52.3 Å². The minimum Gasteiger partial charge on any atom is -0.309 e. The number of hydrogen-bond donors (Lipinski definition) is 0. The first-order valence-electron chi connectivity index (χ1n) is 25.9. The fraction of sp³-hybridized carbons (Fsp3) is 0.429. The van der Waals surface area contributed by atoms with Crippen LogP contribution in [0.4, 0.5) is 0 Å². The van der Waals surface area contributed by atoms with Crippen molar-refractivity contribution in [3.63, 3.8) is 0 Å². The van der Waals surface area contributed by atoms with Gasteiger partial charge in [-0.25, -0.2) is 0 Å². The van der Waals surface area contributed by atoms with Crippen LogP contribution < -0.4 is 0 Å². The summed E-state index contributed by atoms with van der Waals surface area (Å²) < 4.78 is 4.91. The average Bonchev–Trinajstić information content (AvgIpc) is 3.98. The molecule has 4 saturated carbocycles. The van der Waals surface area contributed by atoms with Crippen molar-refractivity contribution < 1.29 is 0 Å². The van der Waals surface area contributed by atoms with Crippen molar-refractivity contribution in [2.24, 2.45) is 52.3 Å². The van der Waals surface area contributed by atoms with E-state index in [0.717, 1.165) is 41.4 Å². The van der Waals surface area contributed by atoms with Crippen LogP contribution in [0.2, 0.25) is 0 Å². The van der Waals surface area contributed by atoms with E-state index in [1.807, 2.05) is 0 Å². The molecular formula is C63H70N2. The molecule has 65 heavy (non-hydrogen) atoms. The van der Waals surface area contributed by atoms with Crippen molar-refractivity contribution in [3.8, 4) is 22.5 Å². The zero-order valence-corrected chi connectivity index (χ0v) is 39.8. The normalized spacial score (nSPS) is 28.2. The Labute approximate surface area is 388 Å². The fourth-order valence-corrected chi connectivity index (χ4v) is 15.9. The summed E-state index contributed by atoms with van der Waals surface area (Å²) in [5, 5.41) is 5.19. The molecule has 6 aromatic carbocycles. The number of nitrogens with zero attached hydrogens (tertiary/aromatic N) is 2. The molecule has 332 valence electrons. The predicted molar refractivity (Wildman–Crippen MR) is 276 cm³/mol. The highest BCUT2D eigenvalue weighted by Crippen LogP contribution is 2.69. The van der Waals surface area contributed by atoms with E-state index >= 15 is 0 Å². The number of para-hydroxylation sites is 3. The topological polar surface area (TPSA) is 9.86 Å². The molecule has 2 unspecified atom stereocenters. The molecule has 0 amide bonds. The van der Waals surface area contributed by atoms with Crippen LogP contribution in [0.25, 0.3) is 66.1 Å². The van der Waals surface area contributed by atoms with Crippen LogP contribution in [-0.4, -0.2) is 9.13 Å². The second-order valence-corrected chi connectivity index (χ2v) is 22.8. The van der Waals surface area contributed by atoms with E-state index in [4.69, 9.17) is 0 Å². The first kappa shape index (κ1) is 41.4. The quantitative estimate of drug-likeness (QED) is 0.137. The van der Waals surface area contributed by atoms with Gasteiger partial charge in [0.1, 0.15) is 0 Å². The maximum absolute atomic E-state index is 2.77. The average molecular weight is 855 g/mol. The molecule has 2 aromatic heterocycles. The van der Waals surface area contributed by atoms with Crippen LogP contribution in [0.1, 0.15) is 123 Å². The van der Waals surface area contributed by atoms with Gasteiger partial charge in [-0.1, -0.05) is 133 Å². The Bertz CT molecular complexity index is 3020. The van der Waals surface area contributed by atoms with Crippen LogP contribution in [0.3, 0.4) is 0 Å². The van der Waals surface area contributed by atoms with Gasteiger partial charge in [-0.15, -0.1) is 0 Å². The van der Waals surface area contributed by atoms with Gasteiger partial charge in [0, 0.05) is 32.9 Å². The molecule has 8 aromatic rings. The summed E-state index contributed by atoms with van der Waals surface area (Å²) in [5.74, 6) is 7.11. The smallest absolute Gasteiger partial charge is 0.0541 e. The van der Waals surface area contributed by atoms with E-state index in [1.165, 1.54) is 143 Å². The third kappa shape index (κ3) is 6.69. The molecule has 9 atom stereocenters. The van der Waals surface area contributed by atoms with Crippen molar-refractivity contribution in [3.05, 3.63) is 145 Å². The van der Waals surface area contributed by atoms with Gasteiger partial charge in [0.25, 0.3) is 0 Å². The van der Waals surface area contributed by atoms with Crippen molar-refractivity contribution in [2.75, 3.05) is 0 Å². The molecule has 0 bridgehead atoms. The van der Waals surface area contributed by atoms with Crippen molar-refractivity contribution >= 4 is 43.6 Å². The molecule has 0 N–H and O–H groups in total. The fourth-order valence-electron chi connectivity index (χ4n) is 15.9. The second-order valence-electron chi connectivity index (χ2n) is 22.8. The highest BCUT2D eigenvalue weighted by atomic mass is 15.0. The third-order valence-electron chi connectivity index (χ3n) is 19.2. The Hall–Kier alpha value is -5.08. The first-order valence-corrected chi connectivity index (χ1v) is 25.9. The molecule has 12 rings (SSSR count). The minimum atomic E-state index is 0.524. The maximum atomic E-state index is 2.77. The van der Waals surface area contributed by atoms with Crippen LogP contribution >= 0.6 is 0 Å². The molecule has 2 heteroatoms. The van der Waals surface area contributed by atoms with E-state index < -0.39 is 0 Å². The molecule has 0 aliphatic heterocycles. The molecule has 0 radical (unpaired) electrons. The number of benzene rings is 6. The largest absolute Gasteiger partial charge is 0.309 e. The molecule has 4 fully saturated rings. The molecule has 0 spiro atoms. The summed E-state index contributed by atoms with van der Waals surface area (Å²) in [5.41, 5.74) is 12.7. The van der Waals surface area contributed by atoms with Gasteiger partial charge in [-0.2, -0.15) is 0 Å². The van der Waals surface area contributed by atoms with Crippen molar-refractivity contribution in [1.82, 2.24) is 9.13 Å². The SMILES string of the molecule is CC(C)CCC[C@@H](C)[C@H]1CC[C@H]2C3CC[C@H]4CC(c5ccc(-n6c7ccccc7c7cc(-c8ccc9c(c8)c8ccccc8n9-c8ccccc8)ccc76)cc5)CC[C@]4(C)[C@H]3CC[C@]12C. The minimum absolute atomic E-state index is 0.524. The van der Waals surface area contributed by atoms with Gasteiger partial charge in [0.05, 0.1) is 22.1 Å². The summed E-state index contributed by atoms with van der Waals surface area (Å²) in [6, 6.07) is 52.6. The Kier molecular flexibility index (Phi) is 10.2.